The summed E-state index contributed by atoms with van der Waals surface area (Å²) in [6.07, 6.45) is -9.16. The normalized spacial score (nSPS) is 16.0. The molecule has 0 saturated carbocycles. The number of carbonyl (C=O) groups is 1. The molecule has 0 radical (unpaired) electrons. The van der Waals surface area contributed by atoms with Crippen molar-refractivity contribution >= 4 is 16.8 Å². The van der Waals surface area contributed by atoms with Gasteiger partial charge in [0.25, 0.3) is 5.91 Å². The zero-order valence-electron chi connectivity index (χ0n) is 19.7. The van der Waals surface area contributed by atoms with Crippen LogP contribution in [0.3, 0.4) is 0 Å². The van der Waals surface area contributed by atoms with Gasteiger partial charge in [-0.3, -0.25) is 4.79 Å². The van der Waals surface area contributed by atoms with Crippen LogP contribution in [0, 0.1) is 5.82 Å². The standard InChI is InChI=1S/C27H19F7N2O2/c1-38-17-7-9-22-19(13-17)18-10-11-36(25(37)15-4-8-20(21(28)12-15)27(32,33)34)24(23(18)35-22)14-2-5-16(6-3-14)26(29,30)31/h2-9,12-13,24,35H,10-11H2,1H3/t24-/m1/s1. The molecule has 2 heterocycles. The van der Waals surface area contributed by atoms with Crippen LogP contribution in [0.25, 0.3) is 10.9 Å². The quantitative estimate of drug-likeness (QED) is 0.283. The highest BCUT2D eigenvalue weighted by Gasteiger charge is 2.38. The van der Waals surface area contributed by atoms with E-state index in [2.05, 4.69) is 4.98 Å². The number of halogens is 7. The average Bonchev–Trinajstić information content (AvgIpc) is 3.24. The topological polar surface area (TPSA) is 45.3 Å². The van der Waals surface area contributed by atoms with Gasteiger partial charge in [0, 0.05) is 28.7 Å². The van der Waals surface area contributed by atoms with E-state index in [-0.39, 0.29) is 12.1 Å². The molecule has 1 aliphatic heterocycles. The van der Waals surface area contributed by atoms with Crippen molar-refractivity contribution in [3.63, 3.8) is 0 Å². The highest BCUT2D eigenvalue weighted by molar-refractivity contribution is 5.96. The summed E-state index contributed by atoms with van der Waals surface area (Å²) in [4.78, 5) is 18.1. The SMILES string of the molecule is COc1ccc2[nH]c3c(c2c1)CCN(C(=O)c1ccc(C(F)(F)F)c(F)c1)[C@@H]3c1ccc(C(F)(F)F)cc1. The molecule has 1 aliphatic rings. The zero-order valence-corrected chi connectivity index (χ0v) is 19.7. The van der Waals surface area contributed by atoms with Crippen molar-refractivity contribution in [3.05, 3.63) is 100.0 Å². The van der Waals surface area contributed by atoms with Gasteiger partial charge in [-0.2, -0.15) is 26.3 Å². The van der Waals surface area contributed by atoms with Crippen LogP contribution in [0.15, 0.2) is 60.7 Å². The van der Waals surface area contributed by atoms with E-state index in [1.165, 1.54) is 24.1 Å². The number of methoxy groups -OCH3 is 1. The number of aromatic nitrogens is 1. The van der Waals surface area contributed by atoms with Crippen molar-refractivity contribution < 1.29 is 40.3 Å². The summed E-state index contributed by atoms with van der Waals surface area (Å²) < 4.78 is 98.3. The molecule has 0 spiro atoms. The molecule has 38 heavy (non-hydrogen) atoms. The van der Waals surface area contributed by atoms with Crippen molar-refractivity contribution in [3.8, 4) is 5.75 Å². The van der Waals surface area contributed by atoms with Crippen molar-refractivity contribution in [2.45, 2.75) is 24.8 Å². The van der Waals surface area contributed by atoms with Gasteiger partial charge in [0.1, 0.15) is 11.6 Å². The smallest absolute Gasteiger partial charge is 0.419 e. The molecule has 0 saturated heterocycles. The predicted molar refractivity (Wildman–Crippen MR) is 124 cm³/mol. The average molecular weight is 536 g/mol. The lowest BCUT2D eigenvalue weighted by Crippen LogP contribution is -2.40. The van der Waals surface area contributed by atoms with Gasteiger partial charge in [0.05, 0.1) is 24.3 Å². The minimum atomic E-state index is -4.93. The lowest BCUT2D eigenvalue weighted by Gasteiger charge is -2.36. The molecular weight excluding hydrogens is 517 g/mol. The zero-order chi connectivity index (χ0) is 27.4. The Morgan fingerprint density at radius 3 is 2.26 bits per heavy atom. The van der Waals surface area contributed by atoms with E-state index in [9.17, 15) is 35.5 Å². The van der Waals surface area contributed by atoms with Gasteiger partial charge in [0.2, 0.25) is 0 Å². The number of nitrogens with zero attached hydrogens (tertiary/aromatic N) is 1. The molecule has 198 valence electrons. The second-order valence-corrected chi connectivity index (χ2v) is 8.89. The maximum absolute atomic E-state index is 14.3. The molecule has 3 aromatic carbocycles. The molecule has 4 aromatic rings. The van der Waals surface area contributed by atoms with Gasteiger partial charge < -0.3 is 14.6 Å². The summed E-state index contributed by atoms with van der Waals surface area (Å²) in [5.41, 5.74) is -0.263. The fraction of sp³-hybridized carbons (Fsp3) is 0.222. The van der Waals surface area contributed by atoms with Crippen molar-refractivity contribution in [1.82, 2.24) is 9.88 Å². The molecule has 1 atom stereocenters. The van der Waals surface area contributed by atoms with Crippen LogP contribution >= 0.6 is 0 Å². The number of fused-ring (bicyclic) bond motifs is 3. The van der Waals surface area contributed by atoms with Gasteiger partial charge in [-0.15, -0.1) is 0 Å². The predicted octanol–water partition coefficient (Wildman–Crippen LogP) is 7.14. The molecule has 1 amide bonds. The Hall–Kier alpha value is -4.02. The molecule has 11 heteroatoms. The van der Waals surface area contributed by atoms with E-state index in [0.29, 0.717) is 41.1 Å². The Balaban J connectivity index is 1.62. The van der Waals surface area contributed by atoms with Gasteiger partial charge in [-0.25, -0.2) is 4.39 Å². The van der Waals surface area contributed by atoms with Crippen LogP contribution < -0.4 is 4.74 Å². The first-order valence-electron chi connectivity index (χ1n) is 11.4. The second kappa shape index (κ2) is 9.07. The molecule has 5 rings (SSSR count). The van der Waals surface area contributed by atoms with Gasteiger partial charge in [-0.1, -0.05) is 12.1 Å². The number of aromatic amines is 1. The van der Waals surface area contributed by atoms with E-state index < -0.39 is 41.2 Å². The third-order valence-electron chi connectivity index (χ3n) is 6.67. The molecule has 1 aromatic heterocycles. The fourth-order valence-electron chi connectivity index (χ4n) is 4.86. The molecular formula is C27H19F7N2O2. The Labute approximate surface area is 211 Å². The van der Waals surface area contributed by atoms with Crippen LogP contribution in [0.1, 0.15) is 44.3 Å². The van der Waals surface area contributed by atoms with Crippen LogP contribution in [0.4, 0.5) is 30.7 Å². The Morgan fingerprint density at radius 2 is 1.66 bits per heavy atom. The third-order valence-corrected chi connectivity index (χ3v) is 6.67. The summed E-state index contributed by atoms with van der Waals surface area (Å²) in [7, 11) is 1.51. The molecule has 0 unspecified atom stereocenters. The van der Waals surface area contributed by atoms with E-state index in [0.717, 1.165) is 29.1 Å². The fourth-order valence-corrected chi connectivity index (χ4v) is 4.86. The summed E-state index contributed by atoms with van der Waals surface area (Å²) in [5, 5.41) is 0.809. The maximum atomic E-state index is 14.3. The number of ether oxygens (including phenoxy) is 1. The van der Waals surface area contributed by atoms with E-state index in [4.69, 9.17) is 4.74 Å². The number of hydrogen-bond acceptors (Lipinski definition) is 2. The number of hydrogen-bond donors (Lipinski definition) is 1. The van der Waals surface area contributed by atoms with Crippen LogP contribution in [0.2, 0.25) is 0 Å². The van der Waals surface area contributed by atoms with E-state index in [1.54, 1.807) is 18.2 Å². The number of amides is 1. The second-order valence-electron chi connectivity index (χ2n) is 8.89. The van der Waals surface area contributed by atoms with Gasteiger partial charge in [-0.05, 0) is 66.1 Å². The maximum Gasteiger partial charge on any atom is 0.419 e. The van der Waals surface area contributed by atoms with Crippen molar-refractivity contribution in [2.24, 2.45) is 0 Å². The number of alkyl halides is 6. The third kappa shape index (κ3) is 4.46. The number of H-pyrrole nitrogens is 1. The summed E-state index contributed by atoms with van der Waals surface area (Å²) >= 11 is 0. The van der Waals surface area contributed by atoms with Crippen molar-refractivity contribution in [2.75, 3.05) is 13.7 Å². The number of nitrogens with one attached hydrogen (secondary N) is 1. The first-order valence-corrected chi connectivity index (χ1v) is 11.4. The minimum Gasteiger partial charge on any atom is -0.497 e. The van der Waals surface area contributed by atoms with Crippen LogP contribution in [0.5, 0.6) is 5.75 Å². The van der Waals surface area contributed by atoms with E-state index >= 15 is 0 Å². The molecule has 0 bridgehead atoms. The van der Waals surface area contributed by atoms with Gasteiger partial charge >= 0.3 is 12.4 Å². The summed E-state index contributed by atoms with van der Waals surface area (Å²) in [5.74, 6) is -1.77. The van der Waals surface area contributed by atoms with Crippen LogP contribution in [-0.4, -0.2) is 29.4 Å². The molecule has 4 nitrogen and oxygen atoms in total. The lowest BCUT2D eigenvalue weighted by atomic mass is 9.91. The summed E-state index contributed by atoms with van der Waals surface area (Å²) in [6.45, 7) is 0.0876. The van der Waals surface area contributed by atoms with Crippen LogP contribution in [-0.2, 0) is 18.8 Å². The minimum absolute atomic E-state index is 0.0876. The molecule has 0 fully saturated rings. The highest BCUT2D eigenvalue weighted by Crippen LogP contribution is 2.41. The molecule has 0 aliphatic carbocycles. The number of benzene rings is 3. The van der Waals surface area contributed by atoms with Gasteiger partial charge in [0.15, 0.2) is 0 Å². The summed E-state index contributed by atoms with van der Waals surface area (Å²) in [6, 6.07) is 10.6. The lowest BCUT2D eigenvalue weighted by molar-refractivity contribution is -0.140. The monoisotopic (exact) mass is 536 g/mol. The Morgan fingerprint density at radius 1 is 0.947 bits per heavy atom. The van der Waals surface area contributed by atoms with E-state index in [1.807, 2.05) is 0 Å². The van der Waals surface area contributed by atoms with Crippen molar-refractivity contribution in [1.29, 1.82) is 0 Å². The number of rotatable bonds is 3. The Kier molecular flexibility index (Phi) is 6.12. The first-order chi connectivity index (χ1) is 17.9. The largest absolute Gasteiger partial charge is 0.497 e. The highest BCUT2D eigenvalue weighted by atomic mass is 19.4. The number of carbonyl (C=O) groups excluding carboxylic acids is 1. The molecule has 1 N–H and O–H groups in total. The first kappa shape index (κ1) is 25.6. The Bertz CT molecular complexity index is 1520.